The molecule has 2 aromatic carbocycles. The molecule has 1 N–H and O–H groups in total. The van der Waals surface area contributed by atoms with Gasteiger partial charge in [0.15, 0.2) is 11.3 Å². The molecular formula is C17H11BrN4O3. The number of anilines is 2. The normalized spacial score (nSPS) is 10.3. The van der Waals surface area contributed by atoms with Crippen LogP contribution in [0, 0.1) is 21.4 Å². The molecule has 0 amide bonds. The van der Waals surface area contributed by atoms with Gasteiger partial charge < -0.3 is 10.1 Å². The number of aromatic nitrogens is 1. The van der Waals surface area contributed by atoms with E-state index in [0.717, 1.165) is 10.2 Å². The maximum atomic E-state index is 11.5. The largest absolute Gasteiger partial charge is 0.490 e. The molecule has 7 nitrogen and oxygen atoms in total. The first kappa shape index (κ1) is 16.7. The van der Waals surface area contributed by atoms with E-state index in [9.17, 15) is 15.4 Å². The highest BCUT2D eigenvalue weighted by atomic mass is 79.9. The van der Waals surface area contributed by atoms with Crippen LogP contribution >= 0.6 is 15.9 Å². The molecule has 0 radical (unpaired) electrons. The third-order valence-electron chi connectivity index (χ3n) is 3.59. The zero-order chi connectivity index (χ0) is 18.0. The second-order valence-corrected chi connectivity index (χ2v) is 5.98. The van der Waals surface area contributed by atoms with Gasteiger partial charge in [-0.2, -0.15) is 5.26 Å². The lowest BCUT2D eigenvalue weighted by atomic mass is 10.1. The number of nitrogens with zero attached hydrogens (tertiary/aromatic N) is 3. The smallest absolute Gasteiger partial charge is 0.336 e. The van der Waals surface area contributed by atoms with E-state index in [1.165, 1.54) is 19.4 Å². The number of hydrogen-bond acceptors (Lipinski definition) is 6. The Labute approximate surface area is 151 Å². The Hall–Kier alpha value is -3.18. The maximum absolute atomic E-state index is 11.5. The quantitative estimate of drug-likeness (QED) is 0.511. The number of halogens is 1. The Morgan fingerprint density at radius 3 is 2.80 bits per heavy atom. The van der Waals surface area contributed by atoms with E-state index in [1.54, 1.807) is 6.07 Å². The van der Waals surface area contributed by atoms with Gasteiger partial charge in [-0.3, -0.25) is 10.1 Å². The molecule has 0 aliphatic rings. The zero-order valence-electron chi connectivity index (χ0n) is 13.0. The van der Waals surface area contributed by atoms with Crippen LogP contribution in [0.1, 0.15) is 5.56 Å². The minimum absolute atomic E-state index is 0.114. The third kappa shape index (κ3) is 3.09. The molecule has 0 aliphatic heterocycles. The molecule has 1 heterocycles. The number of nitrogens with one attached hydrogen (secondary N) is 1. The Bertz CT molecular complexity index is 1030. The van der Waals surface area contributed by atoms with E-state index in [1.807, 2.05) is 24.3 Å². The SMILES string of the molecule is COc1ccc2c(Nc3cccc(Br)c3)c(C#N)cnc2c1[N+](=O)[O-]. The number of nitro benzene ring substituents is 1. The molecule has 0 bridgehead atoms. The van der Waals surface area contributed by atoms with Crippen molar-refractivity contribution in [1.29, 1.82) is 5.26 Å². The molecule has 0 unspecified atom stereocenters. The number of hydrogen-bond donors (Lipinski definition) is 1. The standard InChI is InChI=1S/C17H11BrN4O3/c1-25-14-6-5-13-15(21-12-4-2-3-11(18)7-12)10(8-19)9-20-16(13)17(14)22(23)24/h2-7,9H,1H3,(H,20,21). The summed E-state index contributed by atoms with van der Waals surface area (Å²) >= 11 is 3.39. The summed E-state index contributed by atoms with van der Waals surface area (Å²) in [5.41, 5.74) is 1.39. The first-order valence-corrected chi connectivity index (χ1v) is 7.91. The minimum atomic E-state index is -0.539. The molecule has 8 heteroatoms. The molecule has 0 fully saturated rings. The summed E-state index contributed by atoms with van der Waals surface area (Å²) < 4.78 is 5.93. The minimum Gasteiger partial charge on any atom is -0.490 e. The van der Waals surface area contributed by atoms with E-state index in [-0.39, 0.29) is 22.5 Å². The van der Waals surface area contributed by atoms with Crippen LogP contribution in [0.15, 0.2) is 47.1 Å². The van der Waals surface area contributed by atoms with E-state index < -0.39 is 4.92 Å². The van der Waals surface area contributed by atoms with Gasteiger partial charge in [-0.05, 0) is 30.3 Å². The van der Waals surface area contributed by atoms with E-state index in [2.05, 4.69) is 32.3 Å². The summed E-state index contributed by atoms with van der Waals surface area (Å²) in [6, 6.07) is 12.6. The van der Waals surface area contributed by atoms with Crippen LogP contribution in [0.2, 0.25) is 0 Å². The van der Waals surface area contributed by atoms with Crippen molar-refractivity contribution in [3.63, 3.8) is 0 Å². The van der Waals surface area contributed by atoms with Gasteiger partial charge in [0.25, 0.3) is 0 Å². The molecule has 3 rings (SSSR count). The lowest BCUT2D eigenvalue weighted by Crippen LogP contribution is -2.00. The van der Waals surface area contributed by atoms with Crippen LogP contribution in [0.3, 0.4) is 0 Å². The Morgan fingerprint density at radius 2 is 2.16 bits per heavy atom. The second kappa shape index (κ2) is 6.75. The highest BCUT2D eigenvalue weighted by Gasteiger charge is 2.23. The van der Waals surface area contributed by atoms with Gasteiger partial charge in [0.05, 0.1) is 23.3 Å². The number of benzene rings is 2. The van der Waals surface area contributed by atoms with Crippen LogP contribution in [0.25, 0.3) is 10.9 Å². The van der Waals surface area contributed by atoms with Crippen LogP contribution in [0.5, 0.6) is 5.75 Å². The summed E-state index contributed by atoms with van der Waals surface area (Å²) in [5.74, 6) is 0.114. The fraction of sp³-hybridized carbons (Fsp3) is 0.0588. The summed E-state index contributed by atoms with van der Waals surface area (Å²) in [6.45, 7) is 0. The summed E-state index contributed by atoms with van der Waals surface area (Å²) in [6.07, 6.45) is 1.31. The molecule has 0 spiro atoms. The molecule has 124 valence electrons. The summed E-state index contributed by atoms with van der Waals surface area (Å²) in [5, 5.41) is 24.5. The van der Waals surface area contributed by atoms with Gasteiger partial charge in [0.2, 0.25) is 0 Å². The fourth-order valence-electron chi connectivity index (χ4n) is 2.50. The second-order valence-electron chi connectivity index (χ2n) is 5.06. The van der Waals surface area contributed by atoms with E-state index >= 15 is 0 Å². The van der Waals surface area contributed by atoms with Crippen LogP contribution in [0.4, 0.5) is 17.1 Å². The van der Waals surface area contributed by atoms with Gasteiger partial charge in [-0.1, -0.05) is 22.0 Å². The Kier molecular flexibility index (Phi) is 4.50. The van der Waals surface area contributed by atoms with Gasteiger partial charge in [-0.15, -0.1) is 0 Å². The number of nitriles is 1. The summed E-state index contributed by atoms with van der Waals surface area (Å²) in [4.78, 5) is 15.0. The monoisotopic (exact) mass is 398 g/mol. The van der Waals surface area contributed by atoms with E-state index in [4.69, 9.17) is 4.74 Å². The predicted molar refractivity (Wildman–Crippen MR) is 97.1 cm³/mol. The molecular weight excluding hydrogens is 388 g/mol. The topological polar surface area (TPSA) is 101 Å². The van der Waals surface area contributed by atoms with Gasteiger partial charge in [-0.25, -0.2) is 4.98 Å². The van der Waals surface area contributed by atoms with Crippen molar-refractivity contribution in [2.45, 2.75) is 0 Å². The van der Waals surface area contributed by atoms with Crippen molar-refractivity contribution in [3.8, 4) is 11.8 Å². The predicted octanol–water partition coefficient (Wildman–Crippen LogP) is 4.53. The number of methoxy groups -OCH3 is 1. The lowest BCUT2D eigenvalue weighted by molar-refractivity contribution is -0.384. The number of nitro groups is 1. The molecule has 1 aromatic heterocycles. The summed E-state index contributed by atoms with van der Waals surface area (Å²) in [7, 11) is 1.36. The average molecular weight is 399 g/mol. The molecule has 0 aliphatic carbocycles. The first-order chi connectivity index (χ1) is 12.0. The molecule has 0 saturated heterocycles. The number of pyridine rings is 1. The van der Waals surface area contributed by atoms with Crippen molar-refractivity contribution in [3.05, 3.63) is 62.7 Å². The maximum Gasteiger partial charge on any atom is 0.336 e. The van der Waals surface area contributed by atoms with Gasteiger partial charge in [0, 0.05) is 21.7 Å². The van der Waals surface area contributed by atoms with Crippen molar-refractivity contribution >= 4 is 43.9 Å². The number of ether oxygens (including phenoxy) is 1. The zero-order valence-corrected chi connectivity index (χ0v) is 14.6. The molecule has 0 saturated carbocycles. The van der Waals surface area contributed by atoms with Crippen molar-refractivity contribution in [2.75, 3.05) is 12.4 Å². The number of fused-ring (bicyclic) bond motifs is 1. The van der Waals surface area contributed by atoms with E-state index in [0.29, 0.717) is 11.1 Å². The van der Waals surface area contributed by atoms with Crippen molar-refractivity contribution in [1.82, 2.24) is 4.98 Å². The first-order valence-electron chi connectivity index (χ1n) is 7.12. The highest BCUT2D eigenvalue weighted by molar-refractivity contribution is 9.10. The highest BCUT2D eigenvalue weighted by Crippen LogP contribution is 2.38. The van der Waals surface area contributed by atoms with Crippen LogP contribution < -0.4 is 10.1 Å². The van der Waals surface area contributed by atoms with Gasteiger partial charge in [0.1, 0.15) is 6.07 Å². The fourth-order valence-corrected chi connectivity index (χ4v) is 2.90. The molecule has 25 heavy (non-hydrogen) atoms. The van der Waals surface area contributed by atoms with Gasteiger partial charge >= 0.3 is 5.69 Å². The van der Waals surface area contributed by atoms with Crippen LogP contribution in [-0.4, -0.2) is 17.0 Å². The van der Waals surface area contributed by atoms with Crippen LogP contribution in [-0.2, 0) is 0 Å². The van der Waals surface area contributed by atoms with Crippen molar-refractivity contribution in [2.24, 2.45) is 0 Å². The molecule has 3 aromatic rings. The number of rotatable bonds is 4. The Morgan fingerprint density at radius 1 is 1.36 bits per heavy atom. The lowest BCUT2D eigenvalue weighted by Gasteiger charge is -2.12. The Balaban J connectivity index is 2.28. The molecule has 0 atom stereocenters. The van der Waals surface area contributed by atoms with Crippen molar-refractivity contribution < 1.29 is 9.66 Å². The third-order valence-corrected chi connectivity index (χ3v) is 4.09. The average Bonchev–Trinajstić information content (AvgIpc) is 2.60.